The number of benzene rings is 1. The van der Waals surface area contributed by atoms with E-state index in [1.54, 1.807) is 30.7 Å². The number of hydrogen-bond acceptors (Lipinski definition) is 4. The molecule has 1 aromatic carbocycles. The number of imidazole rings is 1. The second kappa shape index (κ2) is 5.04. The molecule has 0 saturated carbocycles. The van der Waals surface area contributed by atoms with Crippen LogP contribution >= 0.6 is 0 Å². The molecule has 2 amide bonds. The van der Waals surface area contributed by atoms with Crippen molar-refractivity contribution in [1.29, 1.82) is 0 Å². The Morgan fingerprint density at radius 2 is 2.35 bits per heavy atom. The Bertz CT molecular complexity index is 652. The number of hydrogen-bond donors (Lipinski definition) is 3. The molecule has 0 radical (unpaired) electrons. The van der Waals surface area contributed by atoms with Crippen LogP contribution in [0.1, 0.15) is 16.1 Å². The molecule has 7 heteroatoms. The number of amides is 2. The van der Waals surface area contributed by atoms with Gasteiger partial charge in [0.05, 0.1) is 24.3 Å². The molecule has 1 aliphatic heterocycles. The first-order valence-corrected chi connectivity index (χ1v) is 6.04. The molecule has 2 heterocycles. The SMILES string of the molecule is O=C1COc2ccc(C(=O)NCc3cnc[nH]3)cc2N1. The second-order valence-electron chi connectivity index (χ2n) is 4.31. The van der Waals surface area contributed by atoms with Gasteiger partial charge in [0, 0.05) is 11.8 Å². The van der Waals surface area contributed by atoms with Crippen LogP contribution in [0.3, 0.4) is 0 Å². The standard InChI is InChI=1S/C13H12N4O3/c18-12-6-20-11-2-1-8(3-10(11)17-12)13(19)15-5-9-4-14-7-16-9/h1-4,7H,5-6H2,(H,14,16)(H,15,19)(H,17,18). The van der Waals surface area contributed by atoms with Gasteiger partial charge in [-0.3, -0.25) is 9.59 Å². The summed E-state index contributed by atoms with van der Waals surface area (Å²) in [6.07, 6.45) is 3.19. The number of carbonyl (C=O) groups excluding carboxylic acids is 2. The number of anilines is 1. The number of carbonyl (C=O) groups is 2. The summed E-state index contributed by atoms with van der Waals surface area (Å²) in [4.78, 5) is 30.0. The lowest BCUT2D eigenvalue weighted by Gasteiger charge is -2.18. The van der Waals surface area contributed by atoms with Crippen LogP contribution in [-0.2, 0) is 11.3 Å². The number of fused-ring (bicyclic) bond motifs is 1. The highest BCUT2D eigenvalue weighted by Gasteiger charge is 2.17. The minimum absolute atomic E-state index is 0.00162. The summed E-state index contributed by atoms with van der Waals surface area (Å²) < 4.78 is 5.23. The summed E-state index contributed by atoms with van der Waals surface area (Å²) in [5.41, 5.74) is 1.78. The largest absolute Gasteiger partial charge is 0.482 e. The van der Waals surface area contributed by atoms with Gasteiger partial charge in [-0.05, 0) is 18.2 Å². The van der Waals surface area contributed by atoms with Gasteiger partial charge in [-0.2, -0.15) is 0 Å². The number of nitrogens with one attached hydrogen (secondary N) is 3. The predicted molar refractivity (Wildman–Crippen MR) is 70.3 cm³/mol. The number of ether oxygens (including phenoxy) is 1. The lowest BCUT2D eigenvalue weighted by molar-refractivity contribution is -0.118. The van der Waals surface area contributed by atoms with Gasteiger partial charge < -0.3 is 20.4 Å². The first-order chi connectivity index (χ1) is 9.72. The van der Waals surface area contributed by atoms with E-state index in [0.29, 0.717) is 23.5 Å². The average Bonchev–Trinajstić information content (AvgIpc) is 2.97. The maximum absolute atomic E-state index is 12.0. The van der Waals surface area contributed by atoms with Crippen LogP contribution in [0.15, 0.2) is 30.7 Å². The molecular formula is C13H12N4O3. The van der Waals surface area contributed by atoms with E-state index in [9.17, 15) is 9.59 Å². The van der Waals surface area contributed by atoms with E-state index in [4.69, 9.17) is 4.74 Å². The Morgan fingerprint density at radius 1 is 1.45 bits per heavy atom. The van der Waals surface area contributed by atoms with Gasteiger partial charge in [-0.1, -0.05) is 0 Å². The lowest BCUT2D eigenvalue weighted by atomic mass is 10.1. The van der Waals surface area contributed by atoms with Crippen molar-refractivity contribution in [3.63, 3.8) is 0 Å². The highest BCUT2D eigenvalue weighted by Crippen LogP contribution is 2.28. The summed E-state index contributed by atoms with van der Waals surface area (Å²) in [5, 5.41) is 5.42. The quantitative estimate of drug-likeness (QED) is 0.765. The van der Waals surface area contributed by atoms with Crippen LogP contribution in [0.25, 0.3) is 0 Å². The number of rotatable bonds is 3. The summed E-state index contributed by atoms with van der Waals surface area (Å²) in [5.74, 6) is 0.101. The Morgan fingerprint density at radius 3 is 3.15 bits per heavy atom. The third-order valence-corrected chi connectivity index (χ3v) is 2.87. The molecule has 1 aromatic heterocycles. The summed E-state index contributed by atoms with van der Waals surface area (Å²) in [6.45, 7) is 0.358. The van der Waals surface area contributed by atoms with Crippen molar-refractivity contribution < 1.29 is 14.3 Å². The molecule has 3 N–H and O–H groups in total. The predicted octanol–water partition coefficient (Wildman–Crippen LogP) is 0.671. The van der Waals surface area contributed by atoms with Gasteiger partial charge in [0.15, 0.2) is 6.61 Å². The Labute approximate surface area is 114 Å². The van der Waals surface area contributed by atoms with E-state index in [0.717, 1.165) is 5.69 Å². The van der Waals surface area contributed by atoms with Crippen molar-refractivity contribution in [2.75, 3.05) is 11.9 Å². The Kier molecular flexibility index (Phi) is 3.08. The Balaban J connectivity index is 1.72. The van der Waals surface area contributed by atoms with E-state index >= 15 is 0 Å². The third-order valence-electron chi connectivity index (χ3n) is 2.87. The third kappa shape index (κ3) is 2.46. The maximum atomic E-state index is 12.0. The summed E-state index contributed by atoms with van der Waals surface area (Å²) in [7, 11) is 0. The molecule has 0 aliphatic carbocycles. The average molecular weight is 272 g/mol. The van der Waals surface area contributed by atoms with Gasteiger partial charge in [-0.15, -0.1) is 0 Å². The molecule has 20 heavy (non-hydrogen) atoms. The van der Waals surface area contributed by atoms with E-state index in [2.05, 4.69) is 20.6 Å². The minimum Gasteiger partial charge on any atom is -0.482 e. The van der Waals surface area contributed by atoms with Gasteiger partial charge in [0.2, 0.25) is 0 Å². The molecule has 0 saturated heterocycles. The van der Waals surface area contributed by atoms with Gasteiger partial charge in [0.25, 0.3) is 11.8 Å². The zero-order valence-electron chi connectivity index (χ0n) is 10.5. The van der Waals surface area contributed by atoms with Crippen LogP contribution in [0.4, 0.5) is 5.69 Å². The van der Waals surface area contributed by atoms with Crippen LogP contribution in [0.2, 0.25) is 0 Å². The normalized spacial score (nSPS) is 13.1. The molecule has 7 nitrogen and oxygen atoms in total. The first kappa shape index (κ1) is 12.2. The molecule has 102 valence electrons. The zero-order chi connectivity index (χ0) is 13.9. The molecule has 0 fully saturated rings. The van der Waals surface area contributed by atoms with Crippen molar-refractivity contribution >= 4 is 17.5 Å². The van der Waals surface area contributed by atoms with Crippen molar-refractivity contribution in [3.05, 3.63) is 42.0 Å². The van der Waals surface area contributed by atoms with Crippen molar-refractivity contribution in [2.45, 2.75) is 6.54 Å². The number of nitrogens with zero attached hydrogens (tertiary/aromatic N) is 1. The van der Waals surface area contributed by atoms with E-state index in [1.807, 2.05) is 0 Å². The van der Waals surface area contributed by atoms with Crippen LogP contribution in [-0.4, -0.2) is 28.4 Å². The highest BCUT2D eigenvalue weighted by molar-refractivity contribution is 5.99. The topological polar surface area (TPSA) is 96.1 Å². The smallest absolute Gasteiger partial charge is 0.262 e. The van der Waals surface area contributed by atoms with Gasteiger partial charge >= 0.3 is 0 Å². The maximum Gasteiger partial charge on any atom is 0.262 e. The fourth-order valence-electron chi connectivity index (χ4n) is 1.88. The van der Waals surface area contributed by atoms with E-state index < -0.39 is 0 Å². The molecule has 0 unspecified atom stereocenters. The van der Waals surface area contributed by atoms with Gasteiger partial charge in [0.1, 0.15) is 5.75 Å². The second-order valence-corrected chi connectivity index (χ2v) is 4.31. The van der Waals surface area contributed by atoms with Crippen molar-refractivity contribution in [1.82, 2.24) is 15.3 Å². The number of aromatic amines is 1. The number of aromatic nitrogens is 2. The fraction of sp³-hybridized carbons (Fsp3) is 0.154. The van der Waals surface area contributed by atoms with Crippen LogP contribution in [0.5, 0.6) is 5.75 Å². The molecular weight excluding hydrogens is 260 g/mol. The molecule has 2 aromatic rings. The fourth-order valence-corrected chi connectivity index (χ4v) is 1.88. The monoisotopic (exact) mass is 272 g/mol. The molecule has 3 rings (SSSR count). The van der Waals surface area contributed by atoms with Crippen molar-refractivity contribution in [3.8, 4) is 5.75 Å². The van der Waals surface area contributed by atoms with Crippen LogP contribution < -0.4 is 15.4 Å². The van der Waals surface area contributed by atoms with E-state index in [1.165, 1.54) is 0 Å². The number of H-pyrrole nitrogens is 1. The van der Waals surface area contributed by atoms with E-state index in [-0.39, 0.29) is 18.4 Å². The lowest BCUT2D eigenvalue weighted by Crippen LogP contribution is -2.27. The zero-order valence-corrected chi connectivity index (χ0v) is 10.5. The summed E-state index contributed by atoms with van der Waals surface area (Å²) in [6, 6.07) is 4.91. The molecule has 0 bridgehead atoms. The molecule has 1 aliphatic rings. The first-order valence-electron chi connectivity index (χ1n) is 6.04. The van der Waals surface area contributed by atoms with Crippen LogP contribution in [0, 0.1) is 0 Å². The molecule has 0 spiro atoms. The minimum atomic E-state index is -0.234. The van der Waals surface area contributed by atoms with Crippen molar-refractivity contribution in [2.24, 2.45) is 0 Å². The summed E-state index contributed by atoms with van der Waals surface area (Å²) >= 11 is 0. The Hall–Kier alpha value is -2.83. The highest BCUT2D eigenvalue weighted by atomic mass is 16.5. The molecule has 0 atom stereocenters. The van der Waals surface area contributed by atoms with Gasteiger partial charge in [-0.25, -0.2) is 4.98 Å².